The third kappa shape index (κ3) is 6.39. The quantitative estimate of drug-likeness (QED) is 0.638. The minimum Gasteiger partial charge on any atom is -0.383 e. The van der Waals surface area contributed by atoms with E-state index in [0.29, 0.717) is 18.0 Å². The van der Waals surface area contributed by atoms with Gasteiger partial charge in [0.2, 0.25) is 0 Å². The lowest BCUT2D eigenvalue weighted by molar-refractivity contribution is 0.0680. The molecular formula is C14H32N2O. The lowest BCUT2D eigenvalue weighted by Crippen LogP contribution is -2.50. The summed E-state index contributed by atoms with van der Waals surface area (Å²) in [5.41, 5.74) is 0. The van der Waals surface area contributed by atoms with Crippen LogP contribution < -0.4 is 5.32 Å². The summed E-state index contributed by atoms with van der Waals surface area (Å²) in [4.78, 5) is 2.59. The minimum absolute atomic E-state index is 0.597. The highest BCUT2D eigenvalue weighted by Gasteiger charge is 2.24. The van der Waals surface area contributed by atoms with Crippen LogP contribution >= 0.6 is 0 Å². The summed E-state index contributed by atoms with van der Waals surface area (Å²) in [6.07, 6.45) is 1.19. The SMILES string of the molecule is CCNCC(C(C)C)N(CCOC)C(C)CC. The second-order valence-electron chi connectivity index (χ2n) is 5.11. The molecule has 104 valence electrons. The predicted octanol–water partition coefficient (Wildman–Crippen LogP) is 2.37. The van der Waals surface area contributed by atoms with Crippen molar-refractivity contribution in [2.24, 2.45) is 5.92 Å². The number of likely N-dealkylation sites (N-methyl/N-ethyl adjacent to an activating group) is 1. The van der Waals surface area contributed by atoms with Gasteiger partial charge in [-0.15, -0.1) is 0 Å². The molecule has 0 amide bonds. The number of rotatable bonds is 10. The van der Waals surface area contributed by atoms with Crippen molar-refractivity contribution in [1.82, 2.24) is 10.2 Å². The maximum atomic E-state index is 5.24. The summed E-state index contributed by atoms with van der Waals surface area (Å²) in [7, 11) is 1.78. The molecule has 0 saturated carbocycles. The lowest BCUT2D eigenvalue weighted by Gasteiger charge is -2.38. The van der Waals surface area contributed by atoms with Gasteiger partial charge >= 0.3 is 0 Å². The second kappa shape index (κ2) is 9.86. The zero-order chi connectivity index (χ0) is 13.3. The lowest BCUT2D eigenvalue weighted by atomic mass is 10.00. The Labute approximate surface area is 108 Å². The van der Waals surface area contributed by atoms with Gasteiger partial charge in [-0.1, -0.05) is 27.7 Å². The normalized spacial score (nSPS) is 15.5. The largest absolute Gasteiger partial charge is 0.383 e. The number of nitrogens with zero attached hydrogens (tertiary/aromatic N) is 1. The van der Waals surface area contributed by atoms with E-state index in [1.54, 1.807) is 7.11 Å². The molecule has 3 nitrogen and oxygen atoms in total. The fourth-order valence-electron chi connectivity index (χ4n) is 2.17. The Kier molecular flexibility index (Phi) is 9.79. The monoisotopic (exact) mass is 244 g/mol. The Morgan fingerprint density at radius 3 is 2.24 bits per heavy atom. The van der Waals surface area contributed by atoms with E-state index in [1.807, 2.05) is 0 Å². The third-order valence-electron chi connectivity index (χ3n) is 3.51. The number of methoxy groups -OCH3 is 1. The molecule has 2 atom stereocenters. The molecule has 0 fully saturated rings. The van der Waals surface area contributed by atoms with Crippen molar-refractivity contribution in [2.45, 2.75) is 53.1 Å². The molecule has 0 rings (SSSR count). The van der Waals surface area contributed by atoms with Crippen LogP contribution in [0.15, 0.2) is 0 Å². The van der Waals surface area contributed by atoms with Gasteiger partial charge in [-0.05, 0) is 25.8 Å². The average molecular weight is 244 g/mol. The molecule has 0 radical (unpaired) electrons. The first-order valence-corrected chi connectivity index (χ1v) is 7.03. The summed E-state index contributed by atoms with van der Waals surface area (Å²) >= 11 is 0. The molecule has 17 heavy (non-hydrogen) atoms. The second-order valence-corrected chi connectivity index (χ2v) is 5.11. The molecule has 2 unspecified atom stereocenters. The van der Waals surface area contributed by atoms with E-state index in [-0.39, 0.29) is 0 Å². The smallest absolute Gasteiger partial charge is 0.0589 e. The molecule has 0 heterocycles. The van der Waals surface area contributed by atoms with Crippen molar-refractivity contribution < 1.29 is 4.74 Å². The highest BCUT2D eigenvalue weighted by molar-refractivity contribution is 4.80. The maximum Gasteiger partial charge on any atom is 0.0589 e. The number of nitrogens with one attached hydrogen (secondary N) is 1. The fraction of sp³-hybridized carbons (Fsp3) is 1.00. The van der Waals surface area contributed by atoms with E-state index in [1.165, 1.54) is 6.42 Å². The first kappa shape index (κ1) is 16.9. The van der Waals surface area contributed by atoms with E-state index >= 15 is 0 Å². The Morgan fingerprint density at radius 1 is 1.18 bits per heavy atom. The predicted molar refractivity (Wildman–Crippen MR) is 75.5 cm³/mol. The standard InChI is InChI=1S/C14H32N2O/c1-7-13(5)16(9-10-17-6)14(12(3)4)11-15-8-2/h12-15H,7-11H2,1-6H3. The molecule has 0 saturated heterocycles. The van der Waals surface area contributed by atoms with Crippen LogP contribution in [-0.2, 0) is 4.74 Å². The van der Waals surface area contributed by atoms with E-state index in [9.17, 15) is 0 Å². The molecule has 3 heteroatoms. The molecule has 0 aliphatic rings. The number of hydrogen-bond acceptors (Lipinski definition) is 3. The molecule has 0 aliphatic carbocycles. The van der Waals surface area contributed by atoms with Crippen LogP contribution in [0.25, 0.3) is 0 Å². The van der Waals surface area contributed by atoms with Crippen LogP contribution in [-0.4, -0.2) is 50.3 Å². The Morgan fingerprint density at radius 2 is 1.82 bits per heavy atom. The first-order valence-electron chi connectivity index (χ1n) is 7.03. The van der Waals surface area contributed by atoms with Crippen LogP contribution in [0.1, 0.15) is 41.0 Å². The van der Waals surface area contributed by atoms with E-state index < -0.39 is 0 Å². The summed E-state index contributed by atoms with van der Waals surface area (Å²) in [5.74, 6) is 0.667. The first-order chi connectivity index (χ1) is 8.08. The highest BCUT2D eigenvalue weighted by atomic mass is 16.5. The zero-order valence-corrected chi connectivity index (χ0v) is 12.6. The summed E-state index contributed by atoms with van der Waals surface area (Å²) < 4.78 is 5.24. The van der Waals surface area contributed by atoms with Gasteiger partial charge in [0.25, 0.3) is 0 Å². The van der Waals surface area contributed by atoms with Crippen molar-refractivity contribution in [1.29, 1.82) is 0 Å². The van der Waals surface area contributed by atoms with Gasteiger partial charge in [0.1, 0.15) is 0 Å². The third-order valence-corrected chi connectivity index (χ3v) is 3.51. The van der Waals surface area contributed by atoms with E-state index in [0.717, 1.165) is 26.2 Å². The summed E-state index contributed by atoms with van der Waals surface area (Å²) in [5, 5.41) is 3.48. The van der Waals surface area contributed by atoms with Gasteiger partial charge in [0.05, 0.1) is 6.61 Å². The average Bonchev–Trinajstić information content (AvgIpc) is 2.32. The van der Waals surface area contributed by atoms with Gasteiger partial charge in [0, 0.05) is 32.3 Å². The molecule has 0 bridgehead atoms. The van der Waals surface area contributed by atoms with Gasteiger partial charge in [0.15, 0.2) is 0 Å². The van der Waals surface area contributed by atoms with Crippen LogP contribution in [0.5, 0.6) is 0 Å². The van der Waals surface area contributed by atoms with Crippen molar-refractivity contribution in [3.8, 4) is 0 Å². The Balaban J connectivity index is 4.54. The molecule has 0 aliphatic heterocycles. The van der Waals surface area contributed by atoms with E-state index in [2.05, 4.69) is 44.8 Å². The van der Waals surface area contributed by atoms with Gasteiger partial charge in [-0.3, -0.25) is 4.90 Å². The summed E-state index contributed by atoms with van der Waals surface area (Å²) in [6.45, 7) is 15.3. The van der Waals surface area contributed by atoms with E-state index in [4.69, 9.17) is 4.74 Å². The van der Waals surface area contributed by atoms with Crippen LogP contribution in [0.4, 0.5) is 0 Å². The molecule has 0 aromatic rings. The van der Waals surface area contributed by atoms with Crippen molar-refractivity contribution >= 4 is 0 Å². The molecule has 1 N–H and O–H groups in total. The van der Waals surface area contributed by atoms with Crippen LogP contribution in [0.3, 0.4) is 0 Å². The molecule has 0 aromatic heterocycles. The Hall–Kier alpha value is -0.120. The zero-order valence-electron chi connectivity index (χ0n) is 12.6. The van der Waals surface area contributed by atoms with Crippen molar-refractivity contribution in [3.05, 3.63) is 0 Å². The van der Waals surface area contributed by atoms with Crippen LogP contribution in [0, 0.1) is 5.92 Å². The molecule has 0 spiro atoms. The van der Waals surface area contributed by atoms with Gasteiger partial charge in [-0.25, -0.2) is 0 Å². The topological polar surface area (TPSA) is 24.5 Å². The summed E-state index contributed by atoms with van der Waals surface area (Å²) in [6, 6.07) is 1.22. The Bertz CT molecular complexity index is 174. The minimum atomic E-state index is 0.597. The maximum absolute atomic E-state index is 5.24. The fourth-order valence-corrected chi connectivity index (χ4v) is 2.17. The van der Waals surface area contributed by atoms with Crippen molar-refractivity contribution in [3.63, 3.8) is 0 Å². The van der Waals surface area contributed by atoms with Gasteiger partial charge in [-0.2, -0.15) is 0 Å². The number of ether oxygens (including phenoxy) is 1. The van der Waals surface area contributed by atoms with Crippen LogP contribution in [0.2, 0.25) is 0 Å². The molecule has 0 aromatic carbocycles. The number of hydrogen-bond donors (Lipinski definition) is 1. The molecular weight excluding hydrogens is 212 g/mol. The van der Waals surface area contributed by atoms with Gasteiger partial charge < -0.3 is 10.1 Å². The highest BCUT2D eigenvalue weighted by Crippen LogP contribution is 2.15. The van der Waals surface area contributed by atoms with Crippen molar-refractivity contribution in [2.75, 3.05) is 33.4 Å².